The number of methoxy groups -OCH3 is 1. The van der Waals surface area contributed by atoms with E-state index in [0.29, 0.717) is 17.2 Å². The van der Waals surface area contributed by atoms with E-state index in [1.807, 2.05) is 0 Å². The molecule has 4 nitrogen and oxygen atoms in total. The number of allylic oxidation sites excluding steroid dienone is 1. The molecule has 5 heteroatoms. The van der Waals surface area contributed by atoms with Crippen molar-refractivity contribution in [1.82, 2.24) is 0 Å². The maximum atomic E-state index is 11.3. The predicted molar refractivity (Wildman–Crippen MR) is 65.6 cm³/mol. The minimum Gasteiger partial charge on any atom is -0.495 e. The Kier molecular flexibility index (Phi) is 4.37. The van der Waals surface area contributed by atoms with Crippen LogP contribution in [-0.2, 0) is 4.74 Å². The molecule has 1 N–H and O–H groups in total. The molecule has 0 saturated heterocycles. The molecule has 0 heterocycles. The van der Waals surface area contributed by atoms with Crippen LogP contribution in [0.5, 0.6) is 5.75 Å². The van der Waals surface area contributed by atoms with Gasteiger partial charge in [-0.05, 0) is 25.1 Å². The molecular weight excluding hydrogens is 274 g/mol. The second kappa shape index (κ2) is 5.55. The summed E-state index contributed by atoms with van der Waals surface area (Å²) in [5, 5.41) is 2.55. The number of hydrogen-bond acceptors (Lipinski definition) is 3. The van der Waals surface area contributed by atoms with Gasteiger partial charge in [-0.1, -0.05) is 22.5 Å². The fraction of sp³-hybridized carbons (Fsp3) is 0.182. The minimum atomic E-state index is -0.590. The second-order valence-corrected chi connectivity index (χ2v) is 3.98. The van der Waals surface area contributed by atoms with Crippen LogP contribution in [0.3, 0.4) is 0 Å². The minimum absolute atomic E-state index is 0.327. The highest BCUT2D eigenvalue weighted by molar-refractivity contribution is 9.10. The fourth-order valence-corrected chi connectivity index (χ4v) is 1.40. The first-order valence-corrected chi connectivity index (χ1v) is 5.30. The molecule has 0 saturated carbocycles. The summed E-state index contributed by atoms with van der Waals surface area (Å²) in [6.45, 7) is 5.07. The molecule has 0 aromatic heterocycles. The monoisotopic (exact) mass is 285 g/mol. The van der Waals surface area contributed by atoms with Crippen molar-refractivity contribution in [3.8, 4) is 5.75 Å². The number of hydrogen-bond donors (Lipinski definition) is 1. The van der Waals surface area contributed by atoms with E-state index in [2.05, 4.69) is 27.8 Å². The van der Waals surface area contributed by atoms with Crippen molar-refractivity contribution >= 4 is 27.7 Å². The Bertz CT molecular complexity index is 418. The Hall–Kier alpha value is -1.49. The second-order valence-electron chi connectivity index (χ2n) is 3.06. The third-order valence-electron chi connectivity index (χ3n) is 1.67. The van der Waals surface area contributed by atoms with E-state index >= 15 is 0 Å². The number of anilines is 1. The molecule has 0 fully saturated rings. The fourth-order valence-electron chi connectivity index (χ4n) is 1.06. The molecule has 0 aliphatic heterocycles. The number of ether oxygens (including phenoxy) is 2. The Morgan fingerprint density at radius 1 is 1.50 bits per heavy atom. The third kappa shape index (κ3) is 3.58. The van der Waals surface area contributed by atoms with Crippen molar-refractivity contribution in [2.24, 2.45) is 0 Å². The molecule has 0 unspecified atom stereocenters. The lowest BCUT2D eigenvalue weighted by molar-refractivity contribution is 0.192. The van der Waals surface area contributed by atoms with Crippen LogP contribution in [0.15, 0.2) is 35.0 Å². The number of rotatable bonds is 3. The van der Waals surface area contributed by atoms with E-state index < -0.39 is 6.09 Å². The van der Waals surface area contributed by atoms with E-state index in [-0.39, 0.29) is 0 Å². The molecule has 0 atom stereocenters. The van der Waals surface area contributed by atoms with Crippen molar-refractivity contribution in [3.63, 3.8) is 0 Å². The van der Waals surface area contributed by atoms with Gasteiger partial charge < -0.3 is 9.47 Å². The lowest BCUT2D eigenvalue weighted by atomic mass is 10.3. The van der Waals surface area contributed by atoms with E-state index in [4.69, 9.17) is 9.47 Å². The van der Waals surface area contributed by atoms with Crippen molar-refractivity contribution in [1.29, 1.82) is 0 Å². The van der Waals surface area contributed by atoms with E-state index in [0.717, 1.165) is 4.47 Å². The summed E-state index contributed by atoms with van der Waals surface area (Å²) in [4.78, 5) is 11.3. The summed E-state index contributed by atoms with van der Waals surface area (Å²) < 4.78 is 10.7. The van der Waals surface area contributed by atoms with Gasteiger partial charge in [-0.25, -0.2) is 4.79 Å². The lowest BCUT2D eigenvalue weighted by Crippen LogP contribution is -2.12. The third-order valence-corrected chi connectivity index (χ3v) is 2.16. The lowest BCUT2D eigenvalue weighted by Gasteiger charge is -2.10. The molecule has 1 amide bonds. The summed E-state index contributed by atoms with van der Waals surface area (Å²) in [5.41, 5.74) is 0.539. The zero-order valence-corrected chi connectivity index (χ0v) is 10.6. The number of carbonyl (C=O) groups excluding carboxylic acids is 1. The van der Waals surface area contributed by atoms with Gasteiger partial charge in [0.15, 0.2) is 0 Å². The zero-order chi connectivity index (χ0) is 12.1. The maximum absolute atomic E-state index is 11.3. The summed E-state index contributed by atoms with van der Waals surface area (Å²) in [5.74, 6) is 0.876. The van der Waals surface area contributed by atoms with E-state index in [1.165, 1.54) is 7.11 Å². The number of amides is 1. The smallest absolute Gasteiger partial charge is 0.416 e. The molecule has 1 aromatic carbocycles. The molecule has 86 valence electrons. The molecule has 0 bridgehead atoms. The van der Waals surface area contributed by atoms with Crippen molar-refractivity contribution < 1.29 is 14.3 Å². The highest BCUT2D eigenvalue weighted by atomic mass is 79.9. The van der Waals surface area contributed by atoms with Gasteiger partial charge in [0.1, 0.15) is 5.75 Å². The largest absolute Gasteiger partial charge is 0.495 e. The van der Waals surface area contributed by atoms with Gasteiger partial charge in [0.25, 0.3) is 0 Å². The Morgan fingerprint density at radius 2 is 2.19 bits per heavy atom. The van der Waals surface area contributed by atoms with E-state index in [9.17, 15) is 4.79 Å². The molecule has 16 heavy (non-hydrogen) atoms. The molecule has 0 aliphatic carbocycles. The van der Waals surface area contributed by atoms with Crippen molar-refractivity contribution in [3.05, 3.63) is 35.0 Å². The molecule has 0 radical (unpaired) electrons. The topological polar surface area (TPSA) is 47.6 Å². The Morgan fingerprint density at radius 3 is 2.75 bits per heavy atom. The average Bonchev–Trinajstić information content (AvgIpc) is 2.19. The number of carbonyl (C=O) groups is 1. The molecular formula is C11H12BrNO3. The Balaban J connectivity index is 2.80. The summed E-state index contributed by atoms with van der Waals surface area (Å²) in [6, 6.07) is 5.25. The number of benzene rings is 1. The molecule has 0 aliphatic rings. The first kappa shape index (κ1) is 12.6. The maximum Gasteiger partial charge on any atom is 0.416 e. The van der Waals surface area contributed by atoms with Crippen LogP contribution in [-0.4, -0.2) is 13.2 Å². The standard InChI is InChI=1S/C11H12BrNO3/c1-7(2)16-11(14)13-9-5-4-8(12)6-10(9)15-3/h4-6H,1H2,2-3H3,(H,13,14). The SMILES string of the molecule is C=C(C)OC(=O)Nc1ccc(Br)cc1OC. The number of nitrogens with one attached hydrogen (secondary N) is 1. The van der Waals surface area contributed by atoms with Crippen LogP contribution in [0.2, 0.25) is 0 Å². The van der Waals surface area contributed by atoms with Crippen LogP contribution >= 0.6 is 15.9 Å². The predicted octanol–water partition coefficient (Wildman–Crippen LogP) is 3.54. The van der Waals surface area contributed by atoms with Crippen molar-refractivity contribution in [2.75, 3.05) is 12.4 Å². The highest BCUT2D eigenvalue weighted by Crippen LogP contribution is 2.28. The van der Waals surface area contributed by atoms with Gasteiger partial charge in [-0.2, -0.15) is 0 Å². The summed E-state index contributed by atoms with van der Waals surface area (Å²) in [6.07, 6.45) is -0.590. The van der Waals surface area contributed by atoms with Crippen LogP contribution in [0.4, 0.5) is 10.5 Å². The van der Waals surface area contributed by atoms with Crippen LogP contribution < -0.4 is 10.1 Å². The normalized spacial score (nSPS) is 9.44. The van der Waals surface area contributed by atoms with Gasteiger partial charge in [0.2, 0.25) is 0 Å². The molecule has 1 aromatic rings. The van der Waals surface area contributed by atoms with Gasteiger partial charge in [0, 0.05) is 4.47 Å². The van der Waals surface area contributed by atoms with Gasteiger partial charge in [-0.3, -0.25) is 5.32 Å². The van der Waals surface area contributed by atoms with Crippen LogP contribution in [0.1, 0.15) is 6.92 Å². The first-order chi connectivity index (χ1) is 7.52. The number of halogens is 1. The van der Waals surface area contributed by atoms with Gasteiger partial charge >= 0.3 is 6.09 Å². The molecule has 1 rings (SSSR count). The quantitative estimate of drug-likeness (QED) is 0.864. The summed E-state index contributed by atoms with van der Waals surface area (Å²) >= 11 is 3.31. The first-order valence-electron chi connectivity index (χ1n) is 4.51. The summed E-state index contributed by atoms with van der Waals surface area (Å²) in [7, 11) is 1.52. The van der Waals surface area contributed by atoms with Gasteiger partial charge in [0.05, 0.1) is 18.6 Å². The highest BCUT2D eigenvalue weighted by Gasteiger charge is 2.08. The van der Waals surface area contributed by atoms with Crippen molar-refractivity contribution in [2.45, 2.75) is 6.92 Å². The average molecular weight is 286 g/mol. The van der Waals surface area contributed by atoms with Crippen LogP contribution in [0, 0.1) is 0 Å². The van der Waals surface area contributed by atoms with E-state index in [1.54, 1.807) is 25.1 Å². The van der Waals surface area contributed by atoms with Gasteiger partial charge in [-0.15, -0.1) is 0 Å². The van der Waals surface area contributed by atoms with Crippen LogP contribution in [0.25, 0.3) is 0 Å². The molecule has 0 spiro atoms. The zero-order valence-electron chi connectivity index (χ0n) is 9.04. The Labute approximate surface area is 102 Å².